The zero-order chi connectivity index (χ0) is 14.7. The molecule has 2 heterocycles. The minimum absolute atomic E-state index is 0.313. The van der Waals surface area contributed by atoms with Crippen molar-refractivity contribution in [3.05, 3.63) is 23.5 Å². The first-order chi connectivity index (χ1) is 9.55. The van der Waals surface area contributed by atoms with Crippen LogP contribution in [0.3, 0.4) is 0 Å². The maximum absolute atomic E-state index is 11.1. The summed E-state index contributed by atoms with van der Waals surface area (Å²) in [4.78, 5) is 11.1. The highest BCUT2D eigenvalue weighted by molar-refractivity contribution is 6.46. The van der Waals surface area contributed by atoms with Gasteiger partial charge in [-0.2, -0.15) is 0 Å². The van der Waals surface area contributed by atoms with Crippen molar-refractivity contribution in [2.24, 2.45) is 0 Å². The smallest absolute Gasteiger partial charge is 0.528 e. The van der Waals surface area contributed by atoms with Crippen LogP contribution in [0.2, 0.25) is 12.6 Å². The van der Waals surface area contributed by atoms with Crippen LogP contribution >= 0.6 is 0 Å². The summed E-state index contributed by atoms with van der Waals surface area (Å²) in [5.74, 6) is 0.999. The number of hydrogen-bond donors (Lipinski definition) is 0. The lowest BCUT2D eigenvalue weighted by atomic mass is 9.86. The van der Waals surface area contributed by atoms with Crippen LogP contribution in [0.5, 0.6) is 0 Å². The third kappa shape index (κ3) is 3.05. The number of esters is 1. The van der Waals surface area contributed by atoms with Crippen molar-refractivity contribution in [1.29, 1.82) is 0 Å². The van der Waals surface area contributed by atoms with Crippen LogP contribution in [0, 0.1) is 0 Å². The molecule has 0 saturated heterocycles. The quantitative estimate of drug-likeness (QED) is 0.567. The summed E-state index contributed by atoms with van der Waals surface area (Å²) in [6.07, 6.45) is 2.36. The lowest BCUT2D eigenvalue weighted by Gasteiger charge is -2.14. The number of hydrogen-bond acceptors (Lipinski definition) is 6. The summed E-state index contributed by atoms with van der Waals surface area (Å²) in [5.41, 5.74) is 0. The highest BCUT2D eigenvalue weighted by Gasteiger charge is 2.40. The van der Waals surface area contributed by atoms with Crippen molar-refractivity contribution in [1.82, 2.24) is 0 Å². The van der Waals surface area contributed by atoms with Crippen LogP contribution in [0.15, 0.2) is 23.5 Å². The lowest BCUT2D eigenvalue weighted by Crippen LogP contribution is -2.19. The Kier molecular flexibility index (Phi) is 4.52. The monoisotopic (exact) mass is 280 g/mol. The molecule has 0 N–H and O–H groups in total. The average molecular weight is 280 g/mol. The topological polar surface area (TPSA) is 63.2 Å². The minimum atomic E-state index is -0.538. The molecule has 6 nitrogen and oxygen atoms in total. The number of carbonyl (C=O) groups is 1. The van der Waals surface area contributed by atoms with Crippen LogP contribution < -0.4 is 0 Å². The Balaban J connectivity index is 2.17. The highest BCUT2D eigenvalue weighted by atomic mass is 16.7. The standard InChI is InChI=1S/C12H18B2O6/c1-5-13-16-7-10(18-13)12-11(8(3)17-9(4)15)19-14(6-2)20-12/h7-8H,5-6H2,1-4H3. The molecule has 0 bridgehead atoms. The van der Waals surface area contributed by atoms with E-state index in [1.165, 1.54) is 13.2 Å². The van der Waals surface area contributed by atoms with E-state index in [9.17, 15) is 4.79 Å². The summed E-state index contributed by atoms with van der Waals surface area (Å²) >= 11 is 0. The van der Waals surface area contributed by atoms with E-state index in [2.05, 4.69) is 0 Å². The third-order valence-electron chi connectivity index (χ3n) is 2.92. The average Bonchev–Trinajstić information content (AvgIpc) is 3.03. The maximum Gasteiger partial charge on any atom is 0.594 e. The second kappa shape index (κ2) is 6.15. The van der Waals surface area contributed by atoms with Gasteiger partial charge >= 0.3 is 20.2 Å². The first kappa shape index (κ1) is 14.7. The van der Waals surface area contributed by atoms with E-state index in [0.717, 1.165) is 6.32 Å². The van der Waals surface area contributed by atoms with Gasteiger partial charge in [-0.15, -0.1) is 0 Å². The van der Waals surface area contributed by atoms with Crippen molar-refractivity contribution in [2.75, 3.05) is 0 Å². The first-order valence-electron chi connectivity index (χ1n) is 6.82. The van der Waals surface area contributed by atoms with Crippen molar-refractivity contribution in [2.45, 2.75) is 46.4 Å². The van der Waals surface area contributed by atoms with Gasteiger partial charge in [0.2, 0.25) is 0 Å². The fourth-order valence-electron chi connectivity index (χ4n) is 1.96. The summed E-state index contributed by atoms with van der Waals surface area (Å²) in [7, 11) is -0.713. The number of ether oxygens (including phenoxy) is 1. The van der Waals surface area contributed by atoms with E-state index in [1.807, 2.05) is 13.8 Å². The van der Waals surface area contributed by atoms with Gasteiger partial charge in [0.25, 0.3) is 0 Å². The van der Waals surface area contributed by atoms with E-state index >= 15 is 0 Å². The van der Waals surface area contributed by atoms with Crippen molar-refractivity contribution in [3.63, 3.8) is 0 Å². The van der Waals surface area contributed by atoms with Gasteiger partial charge in [-0.3, -0.25) is 4.79 Å². The van der Waals surface area contributed by atoms with E-state index in [4.69, 9.17) is 23.4 Å². The molecule has 8 heteroatoms. The van der Waals surface area contributed by atoms with Gasteiger partial charge in [0.05, 0.1) is 0 Å². The van der Waals surface area contributed by atoms with Gasteiger partial charge in [-0.25, -0.2) is 0 Å². The van der Waals surface area contributed by atoms with Crippen LogP contribution in [-0.4, -0.2) is 26.3 Å². The molecule has 0 aliphatic carbocycles. The molecule has 0 aromatic heterocycles. The molecule has 0 saturated carbocycles. The van der Waals surface area contributed by atoms with E-state index < -0.39 is 13.2 Å². The number of rotatable bonds is 5. The zero-order valence-corrected chi connectivity index (χ0v) is 12.2. The van der Waals surface area contributed by atoms with Gasteiger partial charge in [-0.1, -0.05) is 13.8 Å². The molecule has 0 radical (unpaired) electrons. The van der Waals surface area contributed by atoms with Crippen molar-refractivity contribution >= 4 is 20.2 Å². The predicted octanol–water partition coefficient (Wildman–Crippen LogP) is 2.10. The minimum Gasteiger partial charge on any atom is -0.528 e. The molecule has 1 atom stereocenters. The molecular formula is C12H18B2O6. The molecule has 2 aliphatic heterocycles. The second-order valence-electron chi connectivity index (χ2n) is 4.59. The molecule has 108 valence electrons. The molecule has 0 aromatic rings. The highest BCUT2D eigenvalue weighted by Crippen LogP contribution is 2.33. The van der Waals surface area contributed by atoms with Crippen LogP contribution in [0.25, 0.3) is 0 Å². The fraction of sp³-hybridized carbons (Fsp3) is 0.583. The summed E-state index contributed by atoms with van der Waals surface area (Å²) in [5, 5.41) is 0. The Bertz CT molecular complexity index is 447. The van der Waals surface area contributed by atoms with Crippen LogP contribution in [0.4, 0.5) is 0 Å². The van der Waals surface area contributed by atoms with E-state index in [-0.39, 0.29) is 13.1 Å². The second-order valence-corrected chi connectivity index (χ2v) is 4.59. The zero-order valence-electron chi connectivity index (χ0n) is 12.2. The van der Waals surface area contributed by atoms with E-state index in [0.29, 0.717) is 23.6 Å². The molecule has 0 aromatic carbocycles. The molecule has 2 rings (SSSR count). The van der Waals surface area contributed by atoms with Gasteiger partial charge in [0.15, 0.2) is 23.4 Å². The van der Waals surface area contributed by atoms with Gasteiger partial charge in [0, 0.05) is 19.6 Å². The molecule has 20 heavy (non-hydrogen) atoms. The largest absolute Gasteiger partial charge is 0.594 e. The van der Waals surface area contributed by atoms with Crippen LogP contribution in [-0.2, 0) is 28.1 Å². The fourth-order valence-corrected chi connectivity index (χ4v) is 1.96. The van der Waals surface area contributed by atoms with Crippen molar-refractivity contribution < 1.29 is 28.1 Å². The Morgan fingerprint density at radius 1 is 1.25 bits per heavy atom. The molecular weight excluding hydrogens is 262 g/mol. The van der Waals surface area contributed by atoms with Gasteiger partial charge < -0.3 is 23.4 Å². The predicted molar refractivity (Wildman–Crippen MR) is 73.1 cm³/mol. The SMILES string of the molecule is CCB1OC=C(C2=C(C(C)OC(C)=O)OB(CC)O2)O1. The maximum atomic E-state index is 11.1. The molecule has 0 spiro atoms. The van der Waals surface area contributed by atoms with Gasteiger partial charge in [-0.05, 0) is 6.92 Å². The molecule has 2 aliphatic rings. The summed E-state index contributed by atoms with van der Waals surface area (Å²) < 4.78 is 27.5. The Morgan fingerprint density at radius 3 is 2.50 bits per heavy atom. The normalized spacial score (nSPS) is 18.9. The Hall–Kier alpha value is -1.72. The summed E-state index contributed by atoms with van der Waals surface area (Å²) in [6, 6.07) is 0. The number of carbonyl (C=O) groups excluding carboxylic acids is 1. The molecule has 1 unspecified atom stereocenters. The molecule has 0 amide bonds. The Labute approximate surface area is 119 Å². The van der Waals surface area contributed by atoms with Crippen molar-refractivity contribution in [3.8, 4) is 0 Å². The van der Waals surface area contributed by atoms with Gasteiger partial charge in [0.1, 0.15) is 6.26 Å². The lowest BCUT2D eigenvalue weighted by molar-refractivity contribution is -0.144. The summed E-state index contributed by atoms with van der Waals surface area (Å²) in [6.45, 7) is 6.98. The first-order valence-corrected chi connectivity index (χ1v) is 6.82. The Morgan fingerprint density at radius 2 is 1.95 bits per heavy atom. The van der Waals surface area contributed by atoms with E-state index in [1.54, 1.807) is 6.92 Å². The molecule has 0 fully saturated rings. The van der Waals surface area contributed by atoms with Crippen LogP contribution in [0.1, 0.15) is 27.7 Å². The third-order valence-corrected chi connectivity index (χ3v) is 2.92.